The summed E-state index contributed by atoms with van der Waals surface area (Å²) < 4.78 is 1.84. The summed E-state index contributed by atoms with van der Waals surface area (Å²) in [5.74, 6) is 0.0281. The standard InChI is InChI=1S/C21H18N4O3S2/c1-24-20(28)16(30-21(24)29)11-14-18(22-12-15(26)13-7-3-2-4-8-13)23-17-9-5-6-10-25(17)19(14)27/h2-11,15,22,26H,12H2,1H3/b16-11-/t15-/m1/s1. The largest absolute Gasteiger partial charge is 0.387 e. The van der Waals surface area contributed by atoms with E-state index in [2.05, 4.69) is 10.3 Å². The number of hydrogen-bond acceptors (Lipinski definition) is 7. The van der Waals surface area contributed by atoms with E-state index in [9.17, 15) is 14.7 Å². The highest BCUT2D eigenvalue weighted by molar-refractivity contribution is 8.26. The summed E-state index contributed by atoms with van der Waals surface area (Å²) in [6.07, 6.45) is 2.34. The molecule has 0 unspecified atom stereocenters. The molecule has 0 radical (unpaired) electrons. The second-order valence-electron chi connectivity index (χ2n) is 6.66. The number of aromatic nitrogens is 2. The van der Waals surface area contributed by atoms with Gasteiger partial charge in [-0.05, 0) is 23.8 Å². The van der Waals surface area contributed by atoms with Gasteiger partial charge in [-0.2, -0.15) is 0 Å². The minimum absolute atomic E-state index is 0.148. The summed E-state index contributed by atoms with van der Waals surface area (Å²) in [4.78, 5) is 31.8. The first kappa shape index (κ1) is 20.3. The van der Waals surface area contributed by atoms with E-state index < -0.39 is 6.10 Å². The van der Waals surface area contributed by atoms with Gasteiger partial charge in [-0.3, -0.25) is 18.9 Å². The Bertz CT molecular complexity index is 1220. The Labute approximate surface area is 182 Å². The maximum absolute atomic E-state index is 13.1. The molecule has 1 atom stereocenters. The lowest BCUT2D eigenvalue weighted by atomic mass is 10.1. The second-order valence-corrected chi connectivity index (χ2v) is 8.33. The van der Waals surface area contributed by atoms with Crippen LogP contribution in [-0.4, -0.2) is 43.2 Å². The van der Waals surface area contributed by atoms with Crippen LogP contribution in [0.25, 0.3) is 11.7 Å². The smallest absolute Gasteiger partial charge is 0.267 e. The lowest BCUT2D eigenvalue weighted by molar-refractivity contribution is -0.121. The third-order valence-corrected chi connectivity index (χ3v) is 6.16. The third kappa shape index (κ3) is 3.87. The molecule has 0 bridgehead atoms. The van der Waals surface area contributed by atoms with Crippen molar-refractivity contribution in [1.29, 1.82) is 0 Å². The van der Waals surface area contributed by atoms with Gasteiger partial charge >= 0.3 is 0 Å². The molecule has 1 amide bonds. The number of aliphatic hydroxyl groups excluding tert-OH is 1. The molecule has 2 aromatic heterocycles. The van der Waals surface area contributed by atoms with Crippen molar-refractivity contribution < 1.29 is 9.90 Å². The fourth-order valence-electron chi connectivity index (χ4n) is 3.03. The normalized spacial score (nSPS) is 16.5. The zero-order valence-electron chi connectivity index (χ0n) is 16.0. The van der Waals surface area contributed by atoms with Gasteiger partial charge < -0.3 is 10.4 Å². The second kappa shape index (κ2) is 8.39. The molecule has 1 aromatic carbocycles. The fraction of sp³-hybridized carbons (Fsp3) is 0.143. The highest BCUT2D eigenvalue weighted by Crippen LogP contribution is 2.32. The van der Waals surface area contributed by atoms with Crippen molar-refractivity contribution in [2.75, 3.05) is 18.9 Å². The number of anilines is 1. The molecule has 3 aromatic rings. The molecule has 0 spiro atoms. The first-order valence-corrected chi connectivity index (χ1v) is 10.4. The number of pyridine rings is 1. The summed E-state index contributed by atoms with van der Waals surface area (Å²) in [5, 5.41) is 13.5. The first-order valence-electron chi connectivity index (χ1n) is 9.15. The van der Waals surface area contributed by atoms with Crippen LogP contribution in [0.1, 0.15) is 17.2 Å². The Morgan fingerprint density at radius 3 is 2.63 bits per heavy atom. The van der Waals surface area contributed by atoms with Gasteiger partial charge in [0.1, 0.15) is 15.8 Å². The molecule has 1 fully saturated rings. The molecule has 30 heavy (non-hydrogen) atoms. The molecule has 0 saturated carbocycles. The Kier molecular flexibility index (Phi) is 5.67. The first-order chi connectivity index (χ1) is 14.5. The van der Waals surface area contributed by atoms with E-state index >= 15 is 0 Å². The number of thiocarbonyl (C=S) groups is 1. The number of aliphatic hydroxyl groups is 1. The van der Waals surface area contributed by atoms with E-state index in [-0.39, 0.29) is 23.6 Å². The van der Waals surface area contributed by atoms with Crippen LogP contribution in [0.5, 0.6) is 0 Å². The molecule has 1 saturated heterocycles. The van der Waals surface area contributed by atoms with Crippen molar-refractivity contribution in [3.05, 3.63) is 81.1 Å². The minimum Gasteiger partial charge on any atom is -0.387 e. The predicted octanol–water partition coefficient (Wildman–Crippen LogP) is 2.67. The van der Waals surface area contributed by atoms with Crippen molar-refractivity contribution in [2.24, 2.45) is 0 Å². The molecule has 152 valence electrons. The van der Waals surface area contributed by atoms with Crippen LogP contribution < -0.4 is 10.9 Å². The average molecular weight is 439 g/mol. The monoisotopic (exact) mass is 438 g/mol. The number of fused-ring (bicyclic) bond motifs is 1. The van der Waals surface area contributed by atoms with Crippen LogP contribution in [0.15, 0.2) is 64.4 Å². The van der Waals surface area contributed by atoms with Crippen LogP contribution in [-0.2, 0) is 4.79 Å². The topological polar surface area (TPSA) is 86.9 Å². The minimum atomic E-state index is -0.788. The van der Waals surface area contributed by atoms with Crippen molar-refractivity contribution in [3.8, 4) is 0 Å². The van der Waals surface area contributed by atoms with E-state index in [0.29, 0.717) is 20.7 Å². The van der Waals surface area contributed by atoms with E-state index in [4.69, 9.17) is 12.2 Å². The van der Waals surface area contributed by atoms with Crippen LogP contribution in [0.3, 0.4) is 0 Å². The van der Waals surface area contributed by atoms with Crippen LogP contribution in [0.2, 0.25) is 0 Å². The molecular formula is C21H18N4O3S2. The summed E-state index contributed by atoms with van der Waals surface area (Å²) in [6, 6.07) is 14.4. The molecule has 3 heterocycles. The number of thioether (sulfide) groups is 1. The van der Waals surface area contributed by atoms with Crippen LogP contribution >= 0.6 is 24.0 Å². The number of nitrogens with one attached hydrogen (secondary N) is 1. The number of hydrogen-bond donors (Lipinski definition) is 2. The number of likely N-dealkylation sites (N-methyl/N-ethyl adjacent to an activating group) is 1. The third-order valence-electron chi connectivity index (χ3n) is 4.68. The Balaban J connectivity index is 1.74. The van der Waals surface area contributed by atoms with E-state index in [0.717, 1.165) is 17.3 Å². The van der Waals surface area contributed by atoms with Crippen LogP contribution in [0, 0.1) is 0 Å². The molecule has 7 nitrogen and oxygen atoms in total. The summed E-state index contributed by atoms with van der Waals surface area (Å²) in [6.45, 7) is 0.148. The molecule has 0 aliphatic carbocycles. The summed E-state index contributed by atoms with van der Waals surface area (Å²) in [5.41, 5.74) is 1.11. The number of benzene rings is 1. The molecule has 1 aliphatic heterocycles. The Morgan fingerprint density at radius 2 is 1.93 bits per heavy atom. The highest BCUT2D eigenvalue weighted by Gasteiger charge is 2.29. The maximum atomic E-state index is 13.1. The molecular weight excluding hydrogens is 420 g/mol. The van der Waals surface area contributed by atoms with Gasteiger partial charge in [-0.1, -0.05) is 60.4 Å². The SMILES string of the molecule is CN1C(=O)/C(=C/c2c(NC[C@@H](O)c3ccccc3)nc3ccccn3c2=O)SC1=S. The quantitative estimate of drug-likeness (QED) is 0.468. The number of carbonyl (C=O) groups excluding carboxylic acids is 1. The average Bonchev–Trinajstić information content (AvgIpc) is 3.01. The van der Waals surface area contributed by atoms with Crippen LogP contribution in [0.4, 0.5) is 5.82 Å². The lowest BCUT2D eigenvalue weighted by Gasteiger charge is -2.15. The summed E-state index contributed by atoms with van der Waals surface area (Å²) >= 11 is 6.31. The van der Waals surface area contributed by atoms with Crippen molar-refractivity contribution in [2.45, 2.75) is 6.10 Å². The molecule has 9 heteroatoms. The van der Waals surface area contributed by atoms with E-state index in [1.165, 1.54) is 15.4 Å². The van der Waals surface area contributed by atoms with E-state index in [1.54, 1.807) is 31.4 Å². The summed E-state index contributed by atoms with van der Waals surface area (Å²) in [7, 11) is 1.60. The van der Waals surface area contributed by atoms with Crippen molar-refractivity contribution in [3.63, 3.8) is 0 Å². The van der Waals surface area contributed by atoms with E-state index in [1.807, 2.05) is 30.3 Å². The zero-order valence-corrected chi connectivity index (χ0v) is 17.6. The van der Waals surface area contributed by atoms with Gasteiger partial charge in [0.25, 0.3) is 11.5 Å². The van der Waals surface area contributed by atoms with Gasteiger partial charge in [0.15, 0.2) is 0 Å². The maximum Gasteiger partial charge on any atom is 0.267 e. The number of nitrogens with zero attached hydrogens (tertiary/aromatic N) is 3. The number of carbonyl (C=O) groups is 1. The highest BCUT2D eigenvalue weighted by atomic mass is 32.2. The zero-order chi connectivity index (χ0) is 21.3. The van der Waals surface area contributed by atoms with Gasteiger partial charge in [0.05, 0.1) is 16.6 Å². The lowest BCUT2D eigenvalue weighted by Crippen LogP contribution is -2.24. The Morgan fingerprint density at radius 1 is 1.20 bits per heavy atom. The molecule has 2 N–H and O–H groups in total. The van der Waals surface area contributed by atoms with Gasteiger partial charge in [0, 0.05) is 19.8 Å². The van der Waals surface area contributed by atoms with Gasteiger partial charge in [-0.15, -0.1) is 0 Å². The fourth-order valence-corrected chi connectivity index (χ4v) is 4.19. The molecule has 4 rings (SSSR count). The van der Waals surface area contributed by atoms with Gasteiger partial charge in [-0.25, -0.2) is 4.98 Å². The predicted molar refractivity (Wildman–Crippen MR) is 122 cm³/mol. The van der Waals surface area contributed by atoms with Gasteiger partial charge in [0.2, 0.25) is 0 Å². The number of amides is 1. The van der Waals surface area contributed by atoms with Crippen molar-refractivity contribution in [1.82, 2.24) is 14.3 Å². The molecule has 1 aliphatic rings. The Hall–Kier alpha value is -3.01. The van der Waals surface area contributed by atoms with Crippen molar-refractivity contribution >= 4 is 51.7 Å². The number of rotatable bonds is 5.